The number of hydrogen-bond acceptors (Lipinski definition) is 3. The molecule has 0 unspecified atom stereocenters. The van der Waals surface area contributed by atoms with E-state index < -0.39 is 5.97 Å². The molecule has 0 aromatic heterocycles. The van der Waals surface area contributed by atoms with Crippen molar-refractivity contribution in [1.82, 2.24) is 0 Å². The highest BCUT2D eigenvalue weighted by Gasteiger charge is 2.21. The lowest BCUT2D eigenvalue weighted by atomic mass is 9.85. The Kier molecular flexibility index (Phi) is 5.47. The molecule has 2 aromatic rings. The fourth-order valence-electron chi connectivity index (χ4n) is 2.17. The number of carbonyl (C=O) groups is 1. The van der Waals surface area contributed by atoms with Gasteiger partial charge in [0.05, 0.1) is 0 Å². The molecule has 122 valence electrons. The van der Waals surface area contributed by atoms with E-state index in [4.69, 9.17) is 9.47 Å². The summed E-state index contributed by atoms with van der Waals surface area (Å²) in [6.45, 7) is 8.18. The van der Waals surface area contributed by atoms with Crippen LogP contribution in [-0.2, 0) is 10.2 Å². The summed E-state index contributed by atoms with van der Waals surface area (Å²) in [7, 11) is 0. The molecule has 2 rings (SSSR count). The third-order valence-electron chi connectivity index (χ3n) is 3.32. The summed E-state index contributed by atoms with van der Waals surface area (Å²) in [4.78, 5) is 12.1. The largest absolute Gasteiger partial charge is 0.482 e. The highest BCUT2D eigenvalue weighted by atomic mass is 79.9. The molecule has 2 aromatic carbocycles. The molecule has 4 heteroatoms. The number of ether oxygens (including phenoxy) is 2. The van der Waals surface area contributed by atoms with Gasteiger partial charge in [-0.15, -0.1) is 0 Å². The van der Waals surface area contributed by atoms with Crippen molar-refractivity contribution >= 4 is 21.9 Å². The molecule has 0 spiro atoms. The van der Waals surface area contributed by atoms with Gasteiger partial charge in [0, 0.05) is 10.0 Å². The van der Waals surface area contributed by atoms with E-state index >= 15 is 0 Å². The predicted molar refractivity (Wildman–Crippen MR) is 95.2 cm³/mol. The third-order valence-corrected chi connectivity index (χ3v) is 3.81. The van der Waals surface area contributed by atoms with Crippen molar-refractivity contribution in [2.24, 2.45) is 0 Å². The third kappa shape index (κ3) is 5.10. The van der Waals surface area contributed by atoms with Crippen LogP contribution in [0.4, 0.5) is 0 Å². The van der Waals surface area contributed by atoms with Gasteiger partial charge in [0.1, 0.15) is 11.5 Å². The van der Waals surface area contributed by atoms with Gasteiger partial charge in [-0.3, -0.25) is 0 Å². The number of benzene rings is 2. The Morgan fingerprint density at radius 3 is 2.52 bits per heavy atom. The zero-order valence-corrected chi connectivity index (χ0v) is 15.4. The second kappa shape index (κ2) is 7.18. The minimum absolute atomic E-state index is 0.104. The van der Waals surface area contributed by atoms with Gasteiger partial charge in [-0.1, -0.05) is 60.5 Å². The van der Waals surface area contributed by atoms with Crippen LogP contribution in [0.25, 0.3) is 0 Å². The van der Waals surface area contributed by atoms with E-state index in [0.717, 1.165) is 15.6 Å². The lowest BCUT2D eigenvalue weighted by Crippen LogP contribution is -2.21. The summed E-state index contributed by atoms with van der Waals surface area (Å²) >= 11 is 3.36. The number of rotatable bonds is 4. The Morgan fingerprint density at radius 1 is 1.13 bits per heavy atom. The fourth-order valence-corrected chi connectivity index (χ4v) is 2.55. The number of halogens is 1. The van der Waals surface area contributed by atoms with Crippen LogP contribution in [-0.4, -0.2) is 12.6 Å². The minimum atomic E-state index is -0.417. The monoisotopic (exact) mass is 376 g/mol. The summed E-state index contributed by atoms with van der Waals surface area (Å²) in [5.41, 5.74) is 2.04. The van der Waals surface area contributed by atoms with Crippen molar-refractivity contribution in [3.05, 3.63) is 58.1 Å². The minimum Gasteiger partial charge on any atom is -0.482 e. The molecule has 0 heterocycles. The Morgan fingerprint density at radius 2 is 1.87 bits per heavy atom. The van der Waals surface area contributed by atoms with E-state index in [2.05, 4.69) is 42.8 Å². The van der Waals surface area contributed by atoms with Gasteiger partial charge in [0.25, 0.3) is 0 Å². The topological polar surface area (TPSA) is 35.5 Å². The van der Waals surface area contributed by atoms with Crippen LogP contribution in [0.15, 0.2) is 46.9 Å². The van der Waals surface area contributed by atoms with Crippen LogP contribution in [0.3, 0.4) is 0 Å². The average Bonchev–Trinajstić information content (AvgIpc) is 2.46. The van der Waals surface area contributed by atoms with Crippen LogP contribution in [0, 0.1) is 6.92 Å². The normalized spacial score (nSPS) is 11.2. The molecule has 0 amide bonds. The van der Waals surface area contributed by atoms with Crippen molar-refractivity contribution in [1.29, 1.82) is 0 Å². The maximum absolute atomic E-state index is 12.1. The molecule has 0 aliphatic carbocycles. The Balaban J connectivity index is 2.06. The first kappa shape index (κ1) is 17.5. The van der Waals surface area contributed by atoms with Crippen molar-refractivity contribution in [3.8, 4) is 11.5 Å². The predicted octanol–water partition coefficient (Wildman–Crippen LogP) is 5.04. The van der Waals surface area contributed by atoms with E-state index in [9.17, 15) is 4.79 Å². The van der Waals surface area contributed by atoms with Crippen LogP contribution >= 0.6 is 15.9 Å². The zero-order valence-electron chi connectivity index (χ0n) is 13.9. The van der Waals surface area contributed by atoms with Gasteiger partial charge in [0.15, 0.2) is 6.61 Å². The molecule has 0 saturated carbocycles. The van der Waals surface area contributed by atoms with Crippen molar-refractivity contribution in [3.63, 3.8) is 0 Å². The number of aryl methyl sites for hydroxylation is 1. The summed E-state index contributed by atoms with van der Waals surface area (Å²) in [6, 6.07) is 13.2. The molecule has 0 radical (unpaired) electrons. The maximum atomic E-state index is 12.1. The molecule has 0 saturated heterocycles. The maximum Gasteiger partial charge on any atom is 0.349 e. The molecule has 0 N–H and O–H groups in total. The molecular weight excluding hydrogens is 356 g/mol. The average molecular weight is 377 g/mol. The molecule has 0 atom stereocenters. The van der Waals surface area contributed by atoms with Gasteiger partial charge in [0.2, 0.25) is 0 Å². The first-order chi connectivity index (χ1) is 10.8. The molecule has 23 heavy (non-hydrogen) atoms. The molecule has 0 aliphatic rings. The summed E-state index contributed by atoms with van der Waals surface area (Å²) in [5, 5.41) is 0. The highest BCUT2D eigenvalue weighted by Crippen LogP contribution is 2.32. The Bertz CT molecular complexity index is 702. The van der Waals surface area contributed by atoms with Crippen LogP contribution in [0.2, 0.25) is 0 Å². The molecule has 0 bridgehead atoms. The fraction of sp³-hybridized carbons (Fsp3) is 0.316. The van der Waals surface area contributed by atoms with Gasteiger partial charge in [-0.25, -0.2) is 4.79 Å². The molecular formula is C19H21BrO3. The summed E-state index contributed by atoms with van der Waals surface area (Å²) < 4.78 is 11.9. The van der Waals surface area contributed by atoms with E-state index in [0.29, 0.717) is 11.5 Å². The van der Waals surface area contributed by atoms with E-state index in [1.165, 1.54) is 0 Å². The number of carbonyl (C=O) groups excluding carboxylic acids is 1. The standard InChI is InChI=1S/C19H21BrO3/c1-13-8-9-17(16(10-13)19(2,3)4)23-18(21)12-22-15-7-5-6-14(20)11-15/h5-11H,12H2,1-4H3. The Hall–Kier alpha value is -1.81. The number of esters is 1. The van der Waals surface area contributed by atoms with Crippen LogP contribution in [0.5, 0.6) is 11.5 Å². The van der Waals surface area contributed by atoms with Crippen molar-refractivity contribution in [2.45, 2.75) is 33.1 Å². The Labute approximate surface area is 145 Å². The highest BCUT2D eigenvalue weighted by molar-refractivity contribution is 9.10. The zero-order chi connectivity index (χ0) is 17.0. The van der Waals surface area contributed by atoms with Crippen molar-refractivity contribution < 1.29 is 14.3 Å². The van der Waals surface area contributed by atoms with Crippen molar-refractivity contribution in [2.75, 3.05) is 6.61 Å². The second-order valence-corrected chi connectivity index (χ2v) is 7.39. The van der Waals surface area contributed by atoms with E-state index in [1.807, 2.05) is 31.2 Å². The second-order valence-electron chi connectivity index (χ2n) is 6.47. The van der Waals surface area contributed by atoms with E-state index in [1.54, 1.807) is 12.1 Å². The molecule has 3 nitrogen and oxygen atoms in total. The van der Waals surface area contributed by atoms with Gasteiger partial charge < -0.3 is 9.47 Å². The SMILES string of the molecule is Cc1ccc(OC(=O)COc2cccc(Br)c2)c(C(C)(C)C)c1. The van der Waals surface area contributed by atoms with Gasteiger partial charge in [-0.2, -0.15) is 0 Å². The van der Waals surface area contributed by atoms with E-state index in [-0.39, 0.29) is 12.0 Å². The summed E-state index contributed by atoms with van der Waals surface area (Å²) in [5.74, 6) is 0.793. The first-order valence-electron chi connectivity index (χ1n) is 7.46. The molecule has 0 aliphatic heterocycles. The van der Waals surface area contributed by atoms with Gasteiger partial charge in [-0.05, 0) is 36.6 Å². The lowest BCUT2D eigenvalue weighted by Gasteiger charge is -2.22. The van der Waals surface area contributed by atoms with Crippen LogP contribution in [0.1, 0.15) is 31.9 Å². The molecule has 0 fully saturated rings. The number of hydrogen-bond donors (Lipinski definition) is 0. The van der Waals surface area contributed by atoms with Gasteiger partial charge >= 0.3 is 5.97 Å². The first-order valence-corrected chi connectivity index (χ1v) is 8.25. The summed E-state index contributed by atoms with van der Waals surface area (Å²) in [6.07, 6.45) is 0. The van der Waals surface area contributed by atoms with Crippen LogP contribution < -0.4 is 9.47 Å². The smallest absolute Gasteiger partial charge is 0.349 e. The lowest BCUT2D eigenvalue weighted by molar-refractivity contribution is -0.136. The quantitative estimate of drug-likeness (QED) is 0.553.